The zero-order chi connectivity index (χ0) is 10.1. The second-order valence-electron chi connectivity index (χ2n) is 2.52. The maximum Gasteiger partial charge on any atom is 0.305 e. The molecular formula is C8H16O4S. The Kier molecular flexibility index (Phi) is 7.93. The van der Waals surface area contributed by atoms with Crippen LogP contribution in [0.15, 0.2) is 0 Å². The minimum Gasteiger partial charge on any atom is -0.469 e. The number of rotatable bonds is 7. The van der Waals surface area contributed by atoms with Gasteiger partial charge >= 0.3 is 5.97 Å². The van der Waals surface area contributed by atoms with Gasteiger partial charge in [0.15, 0.2) is 0 Å². The van der Waals surface area contributed by atoms with Crippen LogP contribution < -0.4 is 0 Å². The van der Waals surface area contributed by atoms with Crippen molar-refractivity contribution in [1.29, 1.82) is 0 Å². The highest BCUT2D eigenvalue weighted by Crippen LogP contribution is 1.95. The number of carbonyl (C=O) groups is 1. The van der Waals surface area contributed by atoms with Crippen molar-refractivity contribution in [2.24, 2.45) is 0 Å². The zero-order valence-electron chi connectivity index (χ0n) is 8.08. The van der Waals surface area contributed by atoms with E-state index in [0.717, 1.165) is 0 Å². The maximum absolute atomic E-state index is 11.2. The third-order valence-electron chi connectivity index (χ3n) is 1.50. The first-order valence-electron chi connectivity index (χ1n) is 4.11. The lowest BCUT2D eigenvalue weighted by Gasteiger charge is -2.00. The van der Waals surface area contributed by atoms with Gasteiger partial charge in [0.2, 0.25) is 0 Å². The molecular weight excluding hydrogens is 192 g/mol. The number of esters is 1. The molecule has 0 aromatic rings. The normalized spacial score (nSPS) is 12.5. The first-order chi connectivity index (χ1) is 6.20. The van der Waals surface area contributed by atoms with Crippen LogP contribution in [-0.2, 0) is 25.1 Å². The fourth-order valence-corrected chi connectivity index (χ4v) is 1.78. The summed E-state index contributed by atoms with van der Waals surface area (Å²) >= 11 is 0. The van der Waals surface area contributed by atoms with Crippen molar-refractivity contribution < 1.29 is 18.5 Å². The number of ether oxygens (including phenoxy) is 2. The van der Waals surface area contributed by atoms with E-state index in [2.05, 4.69) is 4.74 Å². The van der Waals surface area contributed by atoms with E-state index in [1.165, 1.54) is 7.11 Å². The highest BCUT2D eigenvalue weighted by Gasteiger charge is 2.03. The van der Waals surface area contributed by atoms with E-state index >= 15 is 0 Å². The first-order valence-corrected chi connectivity index (χ1v) is 5.60. The molecule has 5 heteroatoms. The van der Waals surface area contributed by atoms with Crippen molar-refractivity contribution in [3.63, 3.8) is 0 Å². The summed E-state index contributed by atoms with van der Waals surface area (Å²) in [7, 11) is 2.06. The van der Waals surface area contributed by atoms with Gasteiger partial charge in [-0.25, -0.2) is 0 Å². The Bertz CT molecular complexity index is 170. The fraction of sp³-hybridized carbons (Fsp3) is 0.875. The van der Waals surface area contributed by atoms with Crippen LogP contribution in [0.3, 0.4) is 0 Å². The van der Waals surface area contributed by atoms with Gasteiger partial charge in [0.05, 0.1) is 13.7 Å². The molecule has 0 radical (unpaired) electrons. The molecule has 1 atom stereocenters. The largest absolute Gasteiger partial charge is 0.469 e. The molecule has 0 saturated carbocycles. The minimum absolute atomic E-state index is 0.247. The highest BCUT2D eigenvalue weighted by atomic mass is 32.2. The lowest BCUT2D eigenvalue weighted by atomic mass is 10.3. The molecule has 0 aromatic carbocycles. The summed E-state index contributed by atoms with van der Waals surface area (Å²) in [4.78, 5) is 10.7. The first kappa shape index (κ1) is 12.6. The van der Waals surface area contributed by atoms with Crippen molar-refractivity contribution in [3.05, 3.63) is 0 Å². The Labute approximate surface area is 81.1 Å². The third-order valence-corrected chi connectivity index (χ3v) is 2.86. The standard InChI is InChI=1S/C8H16O4S/c1-11-5-7-13(10)6-3-4-8(9)12-2/h3-7H2,1-2H3. The van der Waals surface area contributed by atoms with Crippen molar-refractivity contribution in [2.75, 3.05) is 32.3 Å². The predicted octanol–water partition coefficient (Wildman–Crippen LogP) is 0.335. The van der Waals surface area contributed by atoms with Gasteiger partial charge in [-0.05, 0) is 6.42 Å². The summed E-state index contributed by atoms with van der Waals surface area (Å²) in [5, 5.41) is 0. The van der Waals surface area contributed by atoms with Crippen molar-refractivity contribution in [2.45, 2.75) is 12.8 Å². The molecule has 0 heterocycles. The van der Waals surface area contributed by atoms with Gasteiger partial charge < -0.3 is 9.47 Å². The monoisotopic (exact) mass is 208 g/mol. The van der Waals surface area contributed by atoms with E-state index in [1.54, 1.807) is 7.11 Å². The molecule has 4 nitrogen and oxygen atoms in total. The van der Waals surface area contributed by atoms with Crippen LogP contribution in [0, 0.1) is 0 Å². The van der Waals surface area contributed by atoms with Crippen molar-refractivity contribution in [3.8, 4) is 0 Å². The molecule has 0 rings (SSSR count). The Hall–Kier alpha value is -0.420. The molecule has 0 bridgehead atoms. The van der Waals surface area contributed by atoms with Gasteiger partial charge in [0, 0.05) is 35.8 Å². The van der Waals surface area contributed by atoms with Crippen LogP contribution >= 0.6 is 0 Å². The quantitative estimate of drug-likeness (QED) is 0.566. The molecule has 0 saturated heterocycles. The van der Waals surface area contributed by atoms with Crippen LogP contribution in [0.25, 0.3) is 0 Å². The Morgan fingerprint density at radius 1 is 1.31 bits per heavy atom. The lowest BCUT2D eigenvalue weighted by molar-refractivity contribution is -0.140. The smallest absolute Gasteiger partial charge is 0.305 e. The van der Waals surface area contributed by atoms with Crippen LogP contribution in [0.5, 0.6) is 0 Å². The third kappa shape index (κ3) is 7.93. The summed E-state index contributed by atoms with van der Waals surface area (Å²) in [6.07, 6.45) is 0.957. The Balaban J connectivity index is 3.31. The average Bonchev–Trinajstić information content (AvgIpc) is 2.14. The van der Waals surface area contributed by atoms with E-state index in [1.807, 2.05) is 0 Å². The summed E-state index contributed by atoms with van der Waals surface area (Å²) in [5.41, 5.74) is 0. The molecule has 0 aliphatic carbocycles. The van der Waals surface area contributed by atoms with E-state index in [9.17, 15) is 9.00 Å². The van der Waals surface area contributed by atoms with E-state index < -0.39 is 10.8 Å². The highest BCUT2D eigenvalue weighted by molar-refractivity contribution is 7.84. The second kappa shape index (κ2) is 8.19. The number of hydrogen-bond acceptors (Lipinski definition) is 4. The van der Waals surface area contributed by atoms with Gasteiger partial charge in [0.1, 0.15) is 0 Å². The van der Waals surface area contributed by atoms with Gasteiger partial charge in [-0.1, -0.05) is 0 Å². The second-order valence-corrected chi connectivity index (χ2v) is 4.22. The summed E-state index contributed by atoms with van der Waals surface area (Å²) in [5.74, 6) is 0.833. The molecule has 0 spiro atoms. The van der Waals surface area contributed by atoms with E-state index in [-0.39, 0.29) is 5.97 Å². The molecule has 0 N–H and O–H groups in total. The molecule has 0 aliphatic rings. The Morgan fingerprint density at radius 3 is 2.54 bits per heavy atom. The average molecular weight is 208 g/mol. The summed E-state index contributed by atoms with van der Waals surface area (Å²) in [6.45, 7) is 0.505. The van der Waals surface area contributed by atoms with Crippen LogP contribution in [0.2, 0.25) is 0 Å². The van der Waals surface area contributed by atoms with Gasteiger partial charge in [-0.3, -0.25) is 9.00 Å². The van der Waals surface area contributed by atoms with Gasteiger partial charge in [-0.2, -0.15) is 0 Å². The molecule has 0 aliphatic heterocycles. The fourth-order valence-electron chi connectivity index (χ4n) is 0.758. The van der Waals surface area contributed by atoms with Gasteiger partial charge in [-0.15, -0.1) is 0 Å². The zero-order valence-corrected chi connectivity index (χ0v) is 8.89. The van der Waals surface area contributed by atoms with E-state index in [4.69, 9.17) is 4.74 Å². The van der Waals surface area contributed by atoms with E-state index in [0.29, 0.717) is 31.0 Å². The van der Waals surface area contributed by atoms with Crippen LogP contribution in [0.4, 0.5) is 0 Å². The molecule has 1 unspecified atom stereocenters. The maximum atomic E-state index is 11.2. The van der Waals surface area contributed by atoms with Crippen LogP contribution in [0.1, 0.15) is 12.8 Å². The molecule has 0 amide bonds. The summed E-state index contributed by atoms with van der Waals surface area (Å²) in [6, 6.07) is 0. The molecule has 78 valence electrons. The predicted molar refractivity (Wildman–Crippen MR) is 51.0 cm³/mol. The van der Waals surface area contributed by atoms with Crippen LogP contribution in [-0.4, -0.2) is 42.5 Å². The van der Waals surface area contributed by atoms with Crippen molar-refractivity contribution in [1.82, 2.24) is 0 Å². The van der Waals surface area contributed by atoms with Crippen molar-refractivity contribution >= 4 is 16.8 Å². The Morgan fingerprint density at radius 2 is 2.00 bits per heavy atom. The molecule has 0 fully saturated rings. The van der Waals surface area contributed by atoms with Gasteiger partial charge in [0.25, 0.3) is 0 Å². The number of carbonyl (C=O) groups excluding carboxylic acids is 1. The number of hydrogen-bond donors (Lipinski definition) is 0. The SMILES string of the molecule is COCCS(=O)CCCC(=O)OC. The minimum atomic E-state index is -0.871. The molecule has 0 aromatic heterocycles. The summed E-state index contributed by atoms with van der Waals surface area (Å²) < 4.78 is 20.4. The lowest BCUT2D eigenvalue weighted by Crippen LogP contribution is -2.09. The molecule has 13 heavy (non-hydrogen) atoms. The topological polar surface area (TPSA) is 52.6 Å². The number of methoxy groups -OCH3 is 2.